The van der Waals surface area contributed by atoms with Crippen LogP contribution in [0.5, 0.6) is 0 Å². The van der Waals surface area contributed by atoms with E-state index in [-0.39, 0.29) is 6.10 Å². The van der Waals surface area contributed by atoms with Crippen LogP contribution in [-0.4, -0.2) is 11.2 Å². The normalized spacial score (nSPS) is 29.9. The average Bonchev–Trinajstić information content (AvgIpc) is 2.29. The second-order valence-electron chi connectivity index (χ2n) is 5.75. The highest BCUT2D eigenvalue weighted by atomic mass is 16.3. The van der Waals surface area contributed by atoms with Gasteiger partial charge in [-0.25, -0.2) is 0 Å². The van der Waals surface area contributed by atoms with E-state index < -0.39 is 0 Å². The molecule has 0 aliphatic heterocycles. The molecule has 0 amide bonds. The molecule has 1 N–H and O–H groups in total. The number of benzene rings is 1. The topological polar surface area (TPSA) is 20.2 Å². The summed E-state index contributed by atoms with van der Waals surface area (Å²) in [5.74, 6) is 1.21. The smallest absolute Gasteiger partial charge is 0.0608 e. The van der Waals surface area contributed by atoms with Crippen molar-refractivity contribution in [1.29, 1.82) is 0 Å². The Morgan fingerprint density at radius 1 is 0.765 bits per heavy atom. The third-order valence-electron chi connectivity index (χ3n) is 4.67. The molecule has 1 heteroatoms. The lowest BCUT2D eigenvalue weighted by Gasteiger charge is -2.29. The first-order chi connectivity index (χ1) is 8.34. The summed E-state index contributed by atoms with van der Waals surface area (Å²) in [6, 6.07) is 9.10. The molecule has 2 atom stereocenters. The fraction of sp³-hybridized carbons (Fsp3) is 0.625. The minimum atomic E-state index is -0.113. The Kier molecular flexibility index (Phi) is 3.19. The molecule has 0 saturated heterocycles. The van der Waals surface area contributed by atoms with E-state index in [1.54, 1.807) is 0 Å². The van der Waals surface area contributed by atoms with Crippen LogP contribution in [0.1, 0.15) is 67.9 Å². The molecule has 1 aromatic rings. The summed E-state index contributed by atoms with van der Waals surface area (Å²) < 4.78 is 0. The van der Waals surface area contributed by atoms with Crippen LogP contribution < -0.4 is 0 Å². The van der Waals surface area contributed by atoms with Gasteiger partial charge in [0.05, 0.1) is 6.10 Å². The molecule has 2 saturated carbocycles. The first-order valence-corrected chi connectivity index (χ1v) is 7.12. The molecule has 0 radical (unpaired) electrons. The minimum Gasteiger partial charge on any atom is -0.392 e. The van der Waals surface area contributed by atoms with E-state index in [4.69, 9.17) is 0 Å². The predicted octanol–water partition coefficient (Wildman–Crippen LogP) is 3.97. The predicted molar refractivity (Wildman–Crippen MR) is 70.2 cm³/mol. The Bertz CT molecular complexity index is 364. The molecule has 2 fully saturated rings. The van der Waals surface area contributed by atoms with Crippen LogP contribution in [0, 0.1) is 0 Å². The van der Waals surface area contributed by atoms with E-state index in [9.17, 15) is 5.11 Å². The van der Waals surface area contributed by atoms with Gasteiger partial charge in [-0.3, -0.25) is 0 Å². The van der Waals surface area contributed by atoms with Gasteiger partial charge in [-0.15, -0.1) is 0 Å². The maximum atomic E-state index is 10.1. The lowest BCUT2D eigenvalue weighted by molar-refractivity contribution is 0.106. The van der Waals surface area contributed by atoms with Gasteiger partial charge in [0.2, 0.25) is 0 Å². The van der Waals surface area contributed by atoms with Crippen LogP contribution in [-0.2, 0) is 0 Å². The Hall–Kier alpha value is -0.820. The van der Waals surface area contributed by atoms with E-state index in [2.05, 4.69) is 24.3 Å². The highest BCUT2D eigenvalue weighted by Gasteiger charge is 2.25. The van der Waals surface area contributed by atoms with Gasteiger partial charge >= 0.3 is 0 Å². The fourth-order valence-electron chi connectivity index (χ4n) is 3.26. The van der Waals surface area contributed by atoms with Crippen LogP contribution >= 0.6 is 0 Å². The summed E-state index contributed by atoms with van der Waals surface area (Å²) in [4.78, 5) is 0. The molecule has 1 aromatic carbocycles. The van der Waals surface area contributed by atoms with E-state index in [0.717, 1.165) is 18.8 Å². The molecule has 2 aliphatic carbocycles. The highest BCUT2D eigenvalue weighted by molar-refractivity contribution is 5.29. The number of aliphatic hydroxyl groups is 1. The van der Waals surface area contributed by atoms with E-state index in [1.807, 2.05) is 0 Å². The first-order valence-electron chi connectivity index (χ1n) is 7.12. The van der Waals surface area contributed by atoms with Gasteiger partial charge in [0, 0.05) is 5.92 Å². The van der Waals surface area contributed by atoms with Crippen LogP contribution in [0.3, 0.4) is 0 Å². The van der Waals surface area contributed by atoms with Crippen molar-refractivity contribution in [3.63, 3.8) is 0 Å². The average molecular weight is 230 g/mol. The fourth-order valence-corrected chi connectivity index (χ4v) is 3.26. The summed E-state index contributed by atoms with van der Waals surface area (Å²) in [5.41, 5.74) is 2.85. The van der Waals surface area contributed by atoms with Crippen LogP contribution in [0.25, 0.3) is 0 Å². The van der Waals surface area contributed by atoms with Crippen LogP contribution in [0.2, 0.25) is 0 Å². The van der Waals surface area contributed by atoms with Crippen molar-refractivity contribution in [3.05, 3.63) is 35.4 Å². The maximum absolute atomic E-state index is 10.1. The summed E-state index contributed by atoms with van der Waals surface area (Å²) in [7, 11) is 0. The quantitative estimate of drug-likeness (QED) is 0.815. The van der Waals surface area contributed by atoms with Crippen molar-refractivity contribution < 1.29 is 5.11 Å². The van der Waals surface area contributed by atoms with Gasteiger partial charge in [-0.1, -0.05) is 43.5 Å². The standard InChI is InChI=1S/C16H22O/c17-16-7-2-1-6-15(16)14-10-8-13(9-11-14)12-4-3-5-12/h8-12,15-17H,1-7H2. The molecule has 3 rings (SSSR count). The van der Waals surface area contributed by atoms with E-state index in [1.165, 1.54) is 43.2 Å². The second-order valence-corrected chi connectivity index (χ2v) is 5.75. The Morgan fingerprint density at radius 2 is 1.41 bits per heavy atom. The SMILES string of the molecule is OC1CCCCC1c1ccc(C2CCC2)cc1. The first kappa shape index (κ1) is 11.3. The third kappa shape index (κ3) is 2.26. The molecule has 2 aliphatic rings. The molecule has 0 spiro atoms. The van der Waals surface area contributed by atoms with Crippen molar-refractivity contribution in [3.8, 4) is 0 Å². The molecule has 92 valence electrons. The zero-order valence-corrected chi connectivity index (χ0v) is 10.4. The Morgan fingerprint density at radius 3 is 2.00 bits per heavy atom. The molecular weight excluding hydrogens is 208 g/mol. The lowest BCUT2D eigenvalue weighted by atomic mass is 9.78. The second kappa shape index (κ2) is 4.81. The monoisotopic (exact) mass is 230 g/mol. The van der Waals surface area contributed by atoms with Crippen molar-refractivity contribution in [1.82, 2.24) is 0 Å². The van der Waals surface area contributed by atoms with Gasteiger partial charge in [-0.05, 0) is 42.7 Å². The molecule has 0 aromatic heterocycles. The van der Waals surface area contributed by atoms with Gasteiger partial charge < -0.3 is 5.11 Å². The van der Waals surface area contributed by atoms with Crippen LogP contribution in [0.15, 0.2) is 24.3 Å². The molecular formula is C16H22O. The maximum Gasteiger partial charge on any atom is 0.0608 e. The molecule has 2 unspecified atom stereocenters. The van der Waals surface area contributed by atoms with Crippen molar-refractivity contribution in [2.24, 2.45) is 0 Å². The summed E-state index contributed by atoms with van der Waals surface area (Å²) in [6.45, 7) is 0. The van der Waals surface area contributed by atoms with E-state index in [0.29, 0.717) is 5.92 Å². The van der Waals surface area contributed by atoms with Crippen molar-refractivity contribution in [2.45, 2.75) is 62.9 Å². The summed E-state index contributed by atoms with van der Waals surface area (Å²) in [5, 5.41) is 10.1. The van der Waals surface area contributed by atoms with Crippen LogP contribution in [0.4, 0.5) is 0 Å². The zero-order valence-electron chi connectivity index (χ0n) is 10.4. The molecule has 17 heavy (non-hydrogen) atoms. The number of aliphatic hydroxyl groups excluding tert-OH is 1. The number of rotatable bonds is 2. The summed E-state index contributed by atoms with van der Waals surface area (Å²) >= 11 is 0. The molecule has 0 bridgehead atoms. The van der Waals surface area contributed by atoms with Gasteiger partial charge in [0.15, 0.2) is 0 Å². The Balaban J connectivity index is 1.74. The van der Waals surface area contributed by atoms with E-state index >= 15 is 0 Å². The van der Waals surface area contributed by atoms with Gasteiger partial charge in [0.25, 0.3) is 0 Å². The van der Waals surface area contributed by atoms with Crippen molar-refractivity contribution >= 4 is 0 Å². The number of hydrogen-bond donors (Lipinski definition) is 1. The van der Waals surface area contributed by atoms with Gasteiger partial charge in [0.1, 0.15) is 0 Å². The minimum absolute atomic E-state index is 0.113. The third-order valence-corrected chi connectivity index (χ3v) is 4.67. The Labute approximate surface area is 104 Å². The number of hydrogen-bond acceptors (Lipinski definition) is 1. The van der Waals surface area contributed by atoms with Crippen molar-refractivity contribution in [2.75, 3.05) is 0 Å². The molecule has 0 heterocycles. The lowest BCUT2D eigenvalue weighted by Crippen LogP contribution is -2.22. The van der Waals surface area contributed by atoms with Gasteiger partial charge in [-0.2, -0.15) is 0 Å². The summed E-state index contributed by atoms with van der Waals surface area (Å²) in [6.07, 6.45) is 8.62. The largest absolute Gasteiger partial charge is 0.392 e. The highest BCUT2D eigenvalue weighted by Crippen LogP contribution is 2.38. The zero-order chi connectivity index (χ0) is 11.7. The molecule has 1 nitrogen and oxygen atoms in total.